The third-order valence-corrected chi connectivity index (χ3v) is 15.1. The van der Waals surface area contributed by atoms with Gasteiger partial charge in [-0.1, -0.05) is 39.3 Å². The molecule has 1 saturated heterocycles. The minimum absolute atomic E-state index is 0.0255. The molecule has 0 spiro atoms. The molecule has 9 heteroatoms. The lowest BCUT2D eigenvalue weighted by Gasteiger charge is -2.71. The van der Waals surface area contributed by atoms with Gasteiger partial charge in [-0.25, -0.2) is 4.98 Å². The van der Waals surface area contributed by atoms with E-state index in [0.717, 1.165) is 76.3 Å². The van der Waals surface area contributed by atoms with Crippen LogP contribution < -0.4 is 0 Å². The van der Waals surface area contributed by atoms with Gasteiger partial charge in [0.15, 0.2) is 0 Å². The maximum absolute atomic E-state index is 14.3. The van der Waals surface area contributed by atoms with Gasteiger partial charge in [0.05, 0.1) is 43.4 Å². The van der Waals surface area contributed by atoms with E-state index in [4.69, 9.17) is 14.2 Å². The van der Waals surface area contributed by atoms with Gasteiger partial charge in [-0.15, -0.1) is 0 Å². The number of aromatic nitrogens is 3. The second-order valence-corrected chi connectivity index (χ2v) is 17.6. The summed E-state index contributed by atoms with van der Waals surface area (Å²) in [6.45, 7) is 19.4. The predicted octanol–water partition coefficient (Wildman–Crippen LogP) is 6.93. The normalized spacial score (nSPS) is 42.6. The van der Waals surface area contributed by atoms with E-state index >= 15 is 0 Å². The van der Waals surface area contributed by atoms with Crippen LogP contribution in [0.25, 0.3) is 0 Å². The Balaban J connectivity index is 1.23. The van der Waals surface area contributed by atoms with Crippen LogP contribution in [0, 0.1) is 51.2 Å². The molecule has 1 N–H and O–H groups in total. The lowest BCUT2D eigenvalue weighted by Crippen LogP contribution is -2.69. The van der Waals surface area contributed by atoms with Crippen LogP contribution in [-0.4, -0.2) is 63.3 Å². The number of rotatable bonds is 11. The highest BCUT2D eigenvalue weighted by Crippen LogP contribution is 2.77. The van der Waals surface area contributed by atoms with Gasteiger partial charge < -0.3 is 19.3 Å². The maximum Gasteiger partial charge on any atom is 0.312 e. The van der Waals surface area contributed by atoms with Gasteiger partial charge in [0.2, 0.25) is 0 Å². The summed E-state index contributed by atoms with van der Waals surface area (Å²) in [5.74, 6) is 0.413. The summed E-state index contributed by atoms with van der Waals surface area (Å²) in [5.41, 5.74) is -0.451. The Hall–Kier alpha value is -2.26. The number of carbonyl (C=O) groups excluding carboxylic acids is 2. The first-order chi connectivity index (χ1) is 22.7. The number of unbranched alkanes of at least 4 members (excludes halogenated alkanes) is 3. The van der Waals surface area contributed by atoms with Gasteiger partial charge >= 0.3 is 11.9 Å². The summed E-state index contributed by atoms with van der Waals surface area (Å²) in [6.07, 6.45) is 12.7. The second-order valence-electron chi connectivity index (χ2n) is 17.6. The van der Waals surface area contributed by atoms with E-state index in [1.165, 1.54) is 7.11 Å². The summed E-state index contributed by atoms with van der Waals surface area (Å²) in [7, 11) is 1.44. The molecule has 4 aliphatic carbocycles. The van der Waals surface area contributed by atoms with Crippen molar-refractivity contribution in [3.8, 4) is 0 Å². The van der Waals surface area contributed by atoms with E-state index in [1.807, 2.05) is 4.68 Å². The van der Waals surface area contributed by atoms with Gasteiger partial charge in [-0.3, -0.25) is 14.3 Å². The highest BCUT2D eigenvalue weighted by molar-refractivity contribution is 5.78. The number of ether oxygens (including phenoxy) is 3. The van der Waals surface area contributed by atoms with Crippen LogP contribution in [0.3, 0.4) is 0 Å². The molecule has 1 aliphatic heterocycles. The lowest BCUT2D eigenvalue weighted by atomic mass is 9.33. The smallest absolute Gasteiger partial charge is 0.312 e. The zero-order valence-electron chi connectivity index (χ0n) is 30.6. The van der Waals surface area contributed by atoms with Crippen molar-refractivity contribution in [1.29, 1.82) is 0 Å². The maximum atomic E-state index is 14.3. The Labute approximate surface area is 288 Å². The average Bonchev–Trinajstić information content (AvgIpc) is 3.73. The Morgan fingerprint density at radius 2 is 1.77 bits per heavy atom. The molecule has 2 unspecified atom stereocenters. The van der Waals surface area contributed by atoms with Crippen molar-refractivity contribution >= 4 is 11.9 Å². The minimum atomic E-state index is -0.561. The minimum Gasteiger partial charge on any atom is -0.469 e. The Kier molecular flexibility index (Phi) is 9.49. The fourth-order valence-electron chi connectivity index (χ4n) is 12.8. The van der Waals surface area contributed by atoms with Crippen molar-refractivity contribution in [2.75, 3.05) is 13.7 Å². The molecule has 9 nitrogen and oxygen atoms in total. The van der Waals surface area contributed by atoms with E-state index in [1.54, 1.807) is 12.7 Å². The van der Waals surface area contributed by atoms with Crippen molar-refractivity contribution in [3.05, 3.63) is 24.8 Å². The highest BCUT2D eigenvalue weighted by atomic mass is 16.5. The molecular weight excluding hydrogens is 606 g/mol. The number of hydrogen-bond acceptors (Lipinski definition) is 8. The fourth-order valence-corrected chi connectivity index (χ4v) is 12.8. The number of methoxy groups -OCH3 is 1. The summed E-state index contributed by atoms with van der Waals surface area (Å²) in [4.78, 5) is 31.0. The molecule has 5 fully saturated rings. The third kappa shape index (κ3) is 5.39. The molecule has 11 atom stereocenters. The van der Waals surface area contributed by atoms with Gasteiger partial charge in [-0.05, 0) is 125 Å². The fraction of sp³-hybridized carbons (Fsp3) is 0.846. The topological polar surface area (TPSA) is 113 Å². The Morgan fingerprint density at radius 1 is 1.02 bits per heavy atom. The Morgan fingerprint density at radius 3 is 2.46 bits per heavy atom. The standard InChI is InChI=1S/C39H61N3O6/c1-25(2)26-13-16-39(34(45)47-20-12-10-9-11-19-42-24-40-23-41-42)18-17-36(5)27(32(26)39)21-28(43)33-37(36,6)15-14-29-35(3,4)48-30(38(29,33)7)22-31(44)46-8/h23-24,26-30,32-33,43H,1,9-22H2,2-8H3/t26-,27+,28+,29?,30?,32+,33-,36+,37+,38+,39-/m0/s1. The lowest BCUT2D eigenvalue weighted by molar-refractivity contribution is -0.255. The van der Waals surface area contributed by atoms with Gasteiger partial charge in [-0.2, -0.15) is 5.10 Å². The van der Waals surface area contributed by atoms with E-state index < -0.39 is 17.1 Å². The molecule has 6 rings (SSSR count). The van der Waals surface area contributed by atoms with E-state index in [2.05, 4.69) is 58.2 Å². The highest BCUT2D eigenvalue weighted by Gasteiger charge is 2.76. The molecule has 0 bridgehead atoms. The number of nitrogens with zero attached hydrogens (tertiary/aromatic N) is 3. The second kappa shape index (κ2) is 12.8. The average molecular weight is 668 g/mol. The molecule has 0 amide bonds. The SMILES string of the molecule is C=C(C)[C@@H]1CC[C@]2(C(=O)OCCCCCCn3cncn3)CC[C@]3(C)[C@H](C[C@@H](O)[C@@H]4[C@@]5(C)C(CC(=O)OC)OC(C)(C)C5CC[C@]43C)[C@@H]12. The zero-order chi connectivity index (χ0) is 34.7. The van der Waals surface area contributed by atoms with Gasteiger partial charge in [0.25, 0.3) is 0 Å². The first-order valence-electron chi connectivity index (χ1n) is 18.7. The third-order valence-electron chi connectivity index (χ3n) is 15.1. The van der Waals surface area contributed by atoms with Crippen molar-refractivity contribution in [2.45, 2.75) is 143 Å². The number of allylic oxidation sites excluding steroid dienone is 1. The molecule has 0 radical (unpaired) electrons. The molecule has 268 valence electrons. The van der Waals surface area contributed by atoms with Crippen LogP contribution in [0.15, 0.2) is 24.8 Å². The number of aliphatic hydroxyl groups is 1. The largest absolute Gasteiger partial charge is 0.469 e. The number of aliphatic hydroxyl groups excluding tert-OH is 1. The van der Waals surface area contributed by atoms with Gasteiger partial charge in [0.1, 0.15) is 12.7 Å². The summed E-state index contributed by atoms with van der Waals surface area (Å²) in [6, 6.07) is 0. The van der Waals surface area contributed by atoms with Crippen LogP contribution in [-0.2, 0) is 30.3 Å². The molecule has 48 heavy (non-hydrogen) atoms. The monoisotopic (exact) mass is 667 g/mol. The van der Waals surface area contributed by atoms with Crippen LogP contribution in [0.4, 0.5) is 0 Å². The van der Waals surface area contributed by atoms with Crippen molar-refractivity contribution in [1.82, 2.24) is 14.8 Å². The summed E-state index contributed by atoms with van der Waals surface area (Å²) >= 11 is 0. The van der Waals surface area contributed by atoms with Crippen LogP contribution in [0.2, 0.25) is 0 Å². The molecule has 5 aliphatic rings. The van der Waals surface area contributed by atoms with Crippen LogP contribution in [0.1, 0.15) is 119 Å². The van der Waals surface area contributed by atoms with E-state index in [9.17, 15) is 14.7 Å². The van der Waals surface area contributed by atoms with Crippen molar-refractivity contribution in [3.63, 3.8) is 0 Å². The molecule has 2 heterocycles. The van der Waals surface area contributed by atoms with Crippen LogP contribution >= 0.6 is 0 Å². The molecule has 1 aromatic rings. The van der Waals surface area contributed by atoms with Crippen molar-refractivity contribution < 1.29 is 28.9 Å². The number of fused-ring (bicyclic) bond motifs is 7. The predicted molar refractivity (Wildman–Crippen MR) is 182 cm³/mol. The molecule has 4 saturated carbocycles. The molecular formula is C39H61N3O6. The van der Waals surface area contributed by atoms with E-state index in [-0.39, 0.29) is 70.3 Å². The van der Waals surface area contributed by atoms with E-state index in [0.29, 0.717) is 13.0 Å². The first-order valence-corrected chi connectivity index (χ1v) is 18.7. The molecule has 1 aromatic heterocycles. The number of carbonyl (C=O) groups is 2. The summed E-state index contributed by atoms with van der Waals surface area (Å²) in [5, 5.41) is 16.6. The number of aryl methyl sites for hydroxylation is 1. The molecule has 0 aromatic carbocycles. The first kappa shape index (κ1) is 35.6. The quantitative estimate of drug-likeness (QED) is 0.154. The van der Waals surface area contributed by atoms with Crippen LogP contribution in [0.5, 0.6) is 0 Å². The van der Waals surface area contributed by atoms with Crippen molar-refractivity contribution in [2.24, 2.45) is 51.2 Å². The summed E-state index contributed by atoms with van der Waals surface area (Å²) < 4.78 is 19.9. The Bertz CT molecular complexity index is 1360. The van der Waals surface area contributed by atoms with Gasteiger partial charge in [0, 0.05) is 12.0 Å². The number of hydrogen-bond donors (Lipinski definition) is 1. The zero-order valence-corrected chi connectivity index (χ0v) is 30.6. The number of esters is 2.